The first-order valence-corrected chi connectivity index (χ1v) is 7.93. The maximum atomic E-state index is 12.3. The summed E-state index contributed by atoms with van der Waals surface area (Å²) >= 11 is 1.29. The topological polar surface area (TPSA) is 89.3 Å². The van der Waals surface area contributed by atoms with Crippen LogP contribution in [0.2, 0.25) is 0 Å². The summed E-state index contributed by atoms with van der Waals surface area (Å²) in [7, 11) is 0. The predicted molar refractivity (Wildman–Crippen MR) is 86.3 cm³/mol. The molecule has 0 bridgehead atoms. The third-order valence-corrected chi connectivity index (χ3v) is 4.62. The van der Waals surface area contributed by atoms with Crippen molar-refractivity contribution in [2.24, 2.45) is 5.73 Å². The molecule has 0 aromatic heterocycles. The van der Waals surface area contributed by atoms with E-state index in [0.29, 0.717) is 16.2 Å². The van der Waals surface area contributed by atoms with E-state index in [4.69, 9.17) is 5.73 Å². The van der Waals surface area contributed by atoms with Gasteiger partial charge < -0.3 is 11.1 Å². The third-order valence-electron chi connectivity index (χ3n) is 3.58. The molecule has 0 aliphatic carbocycles. The minimum atomic E-state index is -0.461. The number of aryl methyl sites for hydroxylation is 2. The molecule has 0 spiro atoms. The summed E-state index contributed by atoms with van der Waals surface area (Å²) in [4.78, 5) is 35.0. The molecule has 22 heavy (non-hydrogen) atoms. The van der Waals surface area contributed by atoms with Gasteiger partial charge in [-0.15, -0.1) is 0 Å². The highest BCUT2D eigenvalue weighted by molar-refractivity contribution is 8.04. The minimum absolute atomic E-state index is 0.0540. The fourth-order valence-electron chi connectivity index (χ4n) is 2.11. The lowest BCUT2D eigenvalue weighted by Gasteiger charge is -2.09. The summed E-state index contributed by atoms with van der Waals surface area (Å²) in [5, 5.41) is 3.31. The number of thioether (sulfide) groups is 1. The Hall–Kier alpha value is -2.08. The highest BCUT2D eigenvalue weighted by Gasteiger charge is 2.25. The first kappa shape index (κ1) is 16.3. The van der Waals surface area contributed by atoms with Gasteiger partial charge in [-0.25, -0.2) is 0 Å². The van der Waals surface area contributed by atoms with Crippen LogP contribution in [-0.2, 0) is 9.59 Å². The van der Waals surface area contributed by atoms with Crippen molar-refractivity contribution in [2.45, 2.75) is 26.7 Å². The van der Waals surface area contributed by atoms with E-state index < -0.39 is 5.91 Å². The van der Waals surface area contributed by atoms with Crippen molar-refractivity contribution < 1.29 is 14.4 Å². The highest BCUT2D eigenvalue weighted by atomic mass is 32.2. The molecule has 3 N–H and O–H groups in total. The average Bonchev–Trinajstić information content (AvgIpc) is 2.80. The molecule has 2 amide bonds. The van der Waals surface area contributed by atoms with Gasteiger partial charge in [0.15, 0.2) is 5.78 Å². The standard InChI is InChI=1S/C16H18N2O3S/c1-9-3-4-11(7-10(9)2)15(21)18-16-12(5-6-14(17)20)13(19)8-22-16/h3-4,7H,5-6,8H2,1-2H3,(H2,17,20)(H,18,21). The number of carbonyl (C=O) groups excluding carboxylic acids is 3. The molecular weight excluding hydrogens is 300 g/mol. The number of Topliss-reactive ketones (excluding diaryl/α,β-unsaturated/α-hetero) is 1. The van der Waals surface area contributed by atoms with E-state index in [9.17, 15) is 14.4 Å². The smallest absolute Gasteiger partial charge is 0.256 e. The molecular formula is C16H18N2O3S. The number of primary amides is 1. The van der Waals surface area contributed by atoms with Crippen molar-refractivity contribution >= 4 is 29.4 Å². The van der Waals surface area contributed by atoms with E-state index in [1.165, 1.54) is 11.8 Å². The molecule has 0 saturated heterocycles. The van der Waals surface area contributed by atoms with E-state index >= 15 is 0 Å². The van der Waals surface area contributed by atoms with Gasteiger partial charge in [0.25, 0.3) is 5.91 Å². The molecule has 5 nitrogen and oxygen atoms in total. The van der Waals surface area contributed by atoms with Crippen LogP contribution in [0.5, 0.6) is 0 Å². The van der Waals surface area contributed by atoms with Gasteiger partial charge in [-0.3, -0.25) is 14.4 Å². The average molecular weight is 318 g/mol. The molecule has 1 aromatic rings. The first-order valence-electron chi connectivity index (χ1n) is 6.94. The number of allylic oxidation sites excluding steroid dienone is 1. The van der Waals surface area contributed by atoms with E-state index in [1.807, 2.05) is 26.0 Å². The molecule has 0 unspecified atom stereocenters. The Morgan fingerprint density at radius 3 is 2.64 bits per heavy atom. The number of hydrogen-bond donors (Lipinski definition) is 2. The van der Waals surface area contributed by atoms with Crippen LogP contribution in [-0.4, -0.2) is 23.4 Å². The molecule has 0 fully saturated rings. The number of rotatable bonds is 5. The summed E-state index contributed by atoms with van der Waals surface area (Å²) in [5.74, 6) is -0.480. The molecule has 1 aromatic carbocycles. The molecule has 0 saturated carbocycles. The zero-order valence-electron chi connectivity index (χ0n) is 12.6. The largest absolute Gasteiger partial charge is 0.370 e. The van der Waals surface area contributed by atoms with Crippen LogP contribution >= 0.6 is 11.8 Å². The highest BCUT2D eigenvalue weighted by Crippen LogP contribution is 2.29. The van der Waals surface area contributed by atoms with Crippen LogP contribution in [0.1, 0.15) is 34.3 Å². The molecule has 6 heteroatoms. The fourth-order valence-corrected chi connectivity index (χ4v) is 3.11. The number of amides is 2. The Morgan fingerprint density at radius 2 is 2.00 bits per heavy atom. The van der Waals surface area contributed by atoms with Gasteiger partial charge >= 0.3 is 0 Å². The lowest BCUT2D eigenvalue weighted by atomic mass is 10.1. The van der Waals surface area contributed by atoms with Crippen LogP contribution in [0.3, 0.4) is 0 Å². The van der Waals surface area contributed by atoms with E-state index in [2.05, 4.69) is 5.32 Å². The van der Waals surface area contributed by atoms with Crippen LogP contribution in [0, 0.1) is 13.8 Å². The Morgan fingerprint density at radius 1 is 1.27 bits per heavy atom. The minimum Gasteiger partial charge on any atom is -0.370 e. The number of hydrogen-bond acceptors (Lipinski definition) is 4. The second-order valence-corrected chi connectivity index (χ2v) is 6.22. The van der Waals surface area contributed by atoms with Gasteiger partial charge in [-0.2, -0.15) is 0 Å². The zero-order valence-corrected chi connectivity index (χ0v) is 13.4. The van der Waals surface area contributed by atoms with E-state index in [0.717, 1.165) is 11.1 Å². The van der Waals surface area contributed by atoms with Crippen LogP contribution in [0.4, 0.5) is 0 Å². The Bertz CT molecular complexity index is 680. The summed E-state index contributed by atoms with van der Waals surface area (Å²) in [6.07, 6.45) is 0.369. The van der Waals surface area contributed by atoms with Crippen molar-refractivity contribution in [1.29, 1.82) is 0 Å². The Balaban J connectivity index is 2.16. The summed E-state index contributed by atoms with van der Waals surface area (Å²) < 4.78 is 0. The maximum Gasteiger partial charge on any atom is 0.256 e. The number of carbonyl (C=O) groups is 3. The second kappa shape index (κ2) is 6.79. The van der Waals surface area contributed by atoms with Crippen molar-refractivity contribution in [2.75, 3.05) is 5.75 Å². The summed E-state index contributed by atoms with van der Waals surface area (Å²) in [5.41, 5.74) is 8.30. The third kappa shape index (κ3) is 3.76. The molecule has 116 valence electrons. The van der Waals surface area contributed by atoms with Gasteiger partial charge in [0.05, 0.1) is 10.8 Å². The van der Waals surface area contributed by atoms with Gasteiger partial charge in [0, 0.05) is 17.6 Å². The van der Waals surface area contributed by atoms with Crippen LogP contribution in [0.15, 0.2) is 28.8 Å². The van der Waals surface area contributed by atoms with Gasteiger partial charge in [-0.05, 0) is 43.5 Å². The van der Waals surface area contributed by atoms with Crippen LogP contribution < -0.4 is 11.1 Å². The Labute approximate surface area is 133 Å². The quantitative estimate of drug-likeness (QED) is 0.866. The zero-order chi connectivity index (χ0) is 16.3. The van der Waals surface area contributed by atoms with E-state index in [1.54, 1.807) is 6.07 Å². The number of nitrogens with two attached hydrogens (primary N) is 1. The normalized spacial score (nSPS) is 14.4. The fraction of sp³-hybridized carbons (Fsp3) is 0.312. The van der Waals surface area contributed by atoms with Gasteiger partial charge in [0.1, 0.15) is 0 Å². The summed E-state index contributed by atoms with van der Waals surface area (Å²) in [6.45, 7) is 3.92. The maximum absolute atomic E-state index is 12.3. The predicted octanol–water partition coefficient (Wildman–Crippen LogP) is 1.83. The lowest BCUT2D eigenvalue weighted by Crippen LogP contribution is -2.22. The second-order valence-electron chi connectivity index (χ2n) is 5.24. The first-order chi connectivity index (χ1) is 10.4. The van der Waals surface area contributed by atoms with Crippen molar-refractivity contribution in [3.05, 3.63) is 45.5 Å². The lowest BCUT2D eigenvalue weighted by molar-refractivity contribution is -0.118. The molecule has 1 aliphatic heterocycles. The van der Waals surface area contributed by atoms with Gasteiger partial charge in [-0.1, -0.05) is 17.8 Å². The number of benzene rings is 1. The molecule has 2 rings (SSSR count). The summed E-state index contributed by atoms with van der Waals surface area (Å²) in [6, 6.07) is 5.46. The van der Waals surface area contributed by atoms with Gasteiger partial charge in [0.2, 0.25) is 5.91 Å². The Kier molecular flexibility index (Phi) is 5.03. The number of nitrogens with one attached hydrogen (secondary N) is 1. The van der Waals surface area contributed by atoms with E-state index in [-0.39, 0.29) is 30.3 Å². The molecule has 0 atom stereocenters. The van der Waals surface area contributed by atoms with Crippen molar-refractivity contribution in [1.82, 2.24) is 5.32 Å². The van der Waals surface area contributed by atoms with Crippen molar-refractivity contribution in [3.8, 4) is 0 Å². The molecule has 0 radical (unpaired) electrons. The van der Waals surface area contributed by atoms with Crippen LogP contribution in [0.25, 0.3) is 0 Å². The van der Waals surface area contributed by atoms with Crippen molar-refractivity contribution in [3.63, 3.8) is 0 Å². The molecule has 1 aliphatic rings. The SMILES string of the molecule is Cc1ccc(C(=O)NC2=C(CCC(N)=O)C(=O)CS2)cc1C. The number of ketones is 1. The monoisotopic (exact) mass is 318 g/mol. The molecule has 1 heterocycles.